The molecule has 2 aliphatic heterocycles. The molecule has 2 heterocycles. The molecule has 2 saturated heterocycles. The van der Waals surface area contributed by atoms with Gasteiger partial charge in [-0.2, -0.15) is 0 Å². The number of rotatable bonds is 2. The quantitative estimate of drug-likeness (QED) is 0.690. The Bertz CT molecular complexity index is 355. The minimum atomic E-state index is -0.127. The van der Waals surface area contributed by atoms with E-state index < -0.39 is 0 Å². The van der Waals surface area contributed by atoms with Gasteiger partial charge in [0.25, 0.3) is 0 Å². The molecule has 2 N–H and O–H groups in total. The van der Waals surface area contributed by atoms with Crippen LogP contribution in [0.4, 0.5) is 0 Å². The van der Waals surface area contributed by atoms with Crippen molar-refractivity contribution >= 4 is 11.8 Å². The predicted molar refractivity (Wildman–Crippen MR) is 77.2 cm³/mol. The lowest BCUT2D eigenvalue weighted by molar-refractivity contribution is -0.137. The summed E-state index contributed by atoms with van der Waals surface area (Å²) in [5, 5.41) is 5.99. The van der Waals surface area contributed by atoms with E-state index in [0.29, 0.717) is 6.54 Å². The third-order valence-electron chi connectivity index (χ3n) is 4.34. The van der Waals surface area contributed by atoms with Crippen LogP contribution in [0.25, 0.3) is 0 Å². The van der Waals surface area contributed by atoms with Gasteiger partial charge in [-0.1, -0.05) is 0 Å². The van der Waals surface area contributed by atoms with Crippen molar-refractivity contribution in [3.63, 3.8) is 0 Å². The van der Waals surface area contributed by atoms with Gasteiger partial charge in [0.1, 0.15) is 0 Å². The Labute approximate surface area is 120 Å². The fourth-order valence-electron chi connectivity index (χ4n) is 3.07. The molecule has 2 rings (SSSR count). The summed E-state index contributed by atoms with van der Waals surface area (Å²) in [6, 6.07) is 0. The highest BCUT2D eigenvalue weighted by Crippen LogP contribution is 2.18. The summed E-state index contributed by atoms with van der Waals surface area (Å²) in [4.78, 5) is 28.6. The molecule has 1 unspecified atom stereocenters. The van der Waals surface area contributed by atoms with E-state index in [9.17, 15) is 9.59 Å². The highest BCUT2D eigenvalue weighted by molar-refractivity contribution is 5.82. The fraction of sp³-hybridized carbons (Fsp3) is 0.857. The Kier molecular flexibility index (Phi) is 5.37. The Morgan fingerprint density at radius 1 is 1.10 bits per heavy atom. The van der Waals surface area contributed by atoms with Crippen molar-refractivity contribution in [1.82, 2.24) is 20.4 Å². The number of nitrogens with one attached hydrogen (secondary N) is 2. The number of hydrogen-bond acceptors (Lipinski definition) is 4. The first kappa shape index (κ1) is 15.3. The largest absolute Gasteiger partial charge is 0.359 e. The zero-order chi connectivity index (χ0) is 14.5. The van der Waals surface area contributed by atoms with Crippen LogP contribution >= 0.6 is 0 Å². The lowest BCUT2D eigenvalue weighted by Gasteiger charge is -2.30. The second-order valence-electron chi connectivity index (χ2n) is 5.88. The van der Waals surface area contributed by atoms with Gasteiger partial charge in [0, 0.05) is 39.1 Å². The van der Waals surface area contributed by atoms with Crippen LogP contribution in [-0.4, -0.2) is 75.0 Å². The lowest BCUT2D eigenvalue weighted by Crippen LogP contribution is -2.45. The van der Waals surface area contributed by atoms with Gasteiger partial charge in [-0.15, -0.1) is 0 Å². The van der Waals surface area contributed by atoms with Crippen molar-refractivity contribution in [1.29, 1.82) is 0 Å². The summed E-state index contributed by atoms with van der Waals surface area (Å²) >= 11 is 0. The molecule has 2 fully saturated rings. The summed E-state index contributed by atoms with van der Waals surface area (Å²) in [5.41, 5.74) is 0. The molecule has 6 heteroatoms. The van der Waals surface area contributed by atoms with Gasteiger partial charge >= 0.3 is 0 Å². The number of likely N-dealkylation sites (N-methyl/N-ethyl adjacent to an activating group) is 1. The summed E-state index contributed by atoms with van der Waals surface area (Å²) in [5.74, 6) is 0.265. The van der Waals surface area contributed by atoms with Crippen molar-refractivity contribution in [2.24, 2.45) is 11.8 Å². The normalized spacial score (nSPS) is 26.1. The molecule has 0 aromatic carbocycles. The summed E-state index contributed by atoms with van der Waals surface area (Å²) in [6.07, 6.45) is 1.83. The van der Waals surface area contributed by atoms with Crippen molar-refractivity contribution < 1.29 is 9.59 Å². The van der Waals surface area contributed by atoms with Gasteiger partial charge < -0.3 is 20.4 Å². The minimum Gasteiger partial charge on any atom is -0.359 e. The first-order valence-electron chi connectivity index (χ1n) is 7.51. The maximum atomic E-state index is 12.6. The lowest BCUT2D eigenvalue weighted by atomic mass is 9.96. The van der Waals surface area contributed by atoms with Gasteiger partial charge in [-0.05, 0) is 33.0 Å². The SMILES string of the molecule is CNC(=O)C1CN(C)CCN(C(=O)C2CCNCC2)C1. The van der Waals surface area contributed by atoms with E-state index in [1.165, 1.54) is 0 Å². The van der Waals surface area contributed by atoms with Crippen LogP contribution in [0.3, 0.4) is 0 Å². The third kappa shape index (κ3) is 3.70. The molecular weight excluding hydrogens is 256 g/mol. The molecule has 0 radical (unpaired) electrons. The molecule has 6 nitrogen and oxygen atoms in total. The van der Waals surface area contributed by atoms with Crippen LogP contribution in [0, 0.1) is 11.8 Å². The molecule has 0 bridgehead atoms. The van der Waals surface area contributed by atoms with Crippen LogP contribution in [-0.2, 0) is 9.59 Å². The zero-order valence-electron chi connectivity index (χ0n) is 12.5. The summed E-state index contributed by atoms with van der Waals surface area (Å²) in [7, 11) is 3.67. The van der Waals surface area contributed by atoms with E-state index in [1.54, 1.807) is 7.05 Å². The van der Waals surface area contributed by atoms with Gasteiger partial charge in [-0.3, -0.25) is 9.59 Å². The number of hydrogen-bond donors (Lipinski definition) is 2. The van der Waals surface area contributed by atoms with E-state index in [2.05, 4.69) is 15.5 Å². The topological polar surface area (TPSA) is 64.7 Å². The van der Waals surface area contributed by atoms with Crippen molar-refractivity contribution in [2.45, 2.75) is 12.8 Å². The first-order chi connectivity index (χ1) is 9.61. The molecule has 0 aromatic heterocycles. The Hall–Kier alpha value is -1.14. The molecule has 0 aliphatic carbocycles. The van der Waals surface area contributed by atoms with Gasteiger partial charge in [-0.25, -0.2) is 0 Å². The maximum absolute atomic E-state index is 12.6. The standard InChI is InChI=1S/C14H26N4O2/c1-15-13(19)12-9-17(2)7-8-18(10-12)14(20)11-3-5-16-6-4-11/h11-12,16H,3-10H2,1-2H3,(H,15,19). The van der Waals surface area contributed by atoms with Crippen LogP contribution in [0.15, 0.2) is 0 Å². The highest BCUT2D eigenvalue weighted by atomic mass is 16.2. The summed E-state index contributed by atoms with van der Waals surface area (Å²) in [6.45, 7) is 4.67. The second-order valence-corrected chi connectivity index (χ2v) is 5.88. The van der Waals surface area contributed by atoms with Crippen LogP contribution < -0.4 is 10.6 Å². The van der Waals surface area contributed by atoms with E-state index in [4.69, 9.17) is 0 Å². The molecule has 0 spiro atoms. The Balaban J connectivity index is 2.01. The van der Waals surface area contributed by atoms with E-state index in [0.717, 1.165) is 45.6 Å². The Morgan fingerprint density at radius 2 is 1.80 bits per heavy atom. The first-order valence-corrected chi connectivity index (χ1v) is 7.51. The number of carbonyl (C=O) groups is 2. The van der Waals surface area contributed by atoms with Crippen molar-refractivity contribution in [3.8, 4) is 0 Å². The minimum absolute atomic E-state index is 0.0295. The fourth-order valence-corrected chi connectivity index (χ4v) is 3.07. The van der Waals surface area contributed by atoms with Crippen molar-refractivity contribution in [3.05, 3.63) is 0 Å². The highest BCUT2D eigenvalue weighted by Gasteiger charge is 2.32. The van der Waals surface area contributed by atoms with Gasteiger partial charge in [0.05, 0.1) is 5.92 Å². The van der Waals surface area contributed by atoms with Crippen LogP contribution in [0.5, 0.6) is 0 Å². The molecule has 114 valence electrons. The van der Waals surface area contributed by atoms with E-state index in [1.807, 2.05) is 11.9 Å². The molecule has 2 aliphatic rings. The number of amides is 2. The molecular formula is C14H26N4O2. The van der Waals surface area contributed by atoms with Crippen LogP contribution in [0.1, 0.15) is 12.8 Å². The van der Waals surface area contributed by atoms with Gasteiger partial charge in [0.15, 0.2) is 0 Å². The zero-order valence-corrected chi connectivity index (χ0v) is 12.5. The van der Waals surface area contributed by atoms with Crippen LogP contribution in [0.2, 0.25) is 0 Å². The van der Waals surface area contributed by atoms with Gasteiger partial charge in [0.2, 0.25) is 11.8 Å². The smallest absolute Gasteiger partial charge is 0.225 e. The van der Waals surface area contributed by atoms with E-state index in [-0.39, 0.29) is 23.7 Å². The molecule has 0 saturated carbocycles. The Morgan fingerprint density at radius 3 is 2.45 bits per heavy atom. The average Bonchev–Trinajstić information content (AvgIpc) is 2.68. The third-order valence-corrected chi connectivity index (χ3v) is 4.34. The number of nitrogens with zero attached hydrogens (tertiary/aromatic N) is 2. The summed E-state index contributed by atoms with van der Waals surface area (Å²) < 4.78 is 0. The monoisotopic (exact) mass is 282 g/mol. The second kappa shape index (κ2) is 7.04. The number of carbonyl (C=O) groups excluding carboxylic acids is 2. The molecule has 20 heavy (non-hydrogen) atoms. The molecule has 2 amide bonds. The predicted octanol–water partition coefficient (Wildman–Crippen LogP) is -0.878. The van der Waals surface area contributed by atoms with Crippen molar-refractivity contribution in [2.75, 3.05) is 53.4 Å². The molecule has 1 atom stereocenters. The number of piperidine rings is 1. The molecule has 0 aromatic rings. The maximum Gasteiger partial charge on any atom is 0.225 e. The van der Waals surface area contributed by atoms with E-state index >= 15 is 0 Å². The average molecular weight is 282 g/mol.